The van der Waals surface area contributed by atoms with Crippen LogP contribution in [0.3, 0.4) is 0 Å². The van der Waals surface area contributed by atoms with Gasteiger partial charge in [-0.05, 0) is 26.0 Å². The molecule has 0 fully saturated rings. The maximum Gasteiger partial charge on any atom is 0.228 e. The first kappa shape index (κ1) is 11.3. The molecule has 0 spiro atoms. The van der Waals surface area contributed by atoms with Gasteiger partial charge in [-0.2, -0.15) is 10.2 Å². The van der Waals surface area contributed by atoms with Gasteiger partial charge >= 0.3 is 0 Å². The summed E-state index contributed by atoms with van der Waals surface area (Å²) in [4.78, 5) is 8.52. The van der Waals surface area contributed by atoms with Gasteiger partial charge < -0.3 is 4.52 Å². The van der Waals surface area contributed by atoms with E-state index < -0.39 is 0 Å². The molecular formula is C12H12N4O. The molecule has 17 heavy (non-hydrogen) atoms. The van der Waals surface area contributed by atoms with Crippen LogP contribution in [0.1, 0.15) is 18.5 Å². The lowest BCUT2D eigenvalue weighted by Gasteiger charge is -1.95. The number of rotatable bonds is 3. The topological polar surface area (TPSA) is 75.6 Å². The van der Waals surface area contributed by atoms with Crippen LogP contribution in [-0.4, -0.2) is 15.1 Å². The van der Waals surface area contributed by atoms with E-state index in [2.05, 4.69) is 21.2 Å². The number of nitrogens with zero attached hydrogens (tertiary/aromatic N) is 4. The summed E-state index contributed by atoms with van der Waals surface area (Å²) in [5.74, 6) is 0.806. The molecule has 5 heteroatoms. The van der Waals surface area contributed by atoms with E-state index in [9.17, 15) is 0 Å². The SMILES string of the molecule is Cc1cccc(-c2noc(CC(C)C#N)n2)n1. The van der Waals surface area contributed by atoms with Crippen molar-refractivity contribution in [2.24, 2.45) is 5.92 Å². The van der Waals surface area contributed by atoms with Crippen molar-refractivity contribution >= 4 is 0 Å². The zero-order valence-electron chi connectivity index (χ0n) is 9.71. The van der Waals surface area contributed by atoms with Gasteiger partial charge in [-0.15, -0.1) is 0 Å². The highest BCUT2D eigenvalue weighted by molar-refractivity contribution is 5.47. The number of hydrogen-bond donors (Lipinski definition) is 0. The summed E-state index contributed by atoms with van der Waals surface area (Å²) >= 11 is 0. The summed E-state index contributed by atoms with van der Waals surface area (Å²) in [5.41, 5.74) is 1.59. The first-order valence-electron chi connectivity index (χ1n) is 5.35. The van der Waals surface area contributed by atoms with E-state index in [0.29, 0.717) is 23.8 Å². The van der Waals surface area contributed by atoms with Gasteiger partial charge in [-0.3, -0.25) is 0 Å². The Labute approximate surface area is 99.1 Å². The number of aryl methyl sites for hydroxylation is 1. The van der Waals surface area contributed by atoms with Crippen LogP contribution in [0.5, 0.6) is 0 Å². The van der Waals surface area contributed by atoms with Gasteiger partial charge in [0.1, 0.15) is 5.69 Å². The third kappa shape index (κ3) is 2.67. The Morgan fingerprint density at radius 2 is 2.24 bits per heavy atom. The summed E-state index contributed by atoms with van der Waals surface area (Å²) in [6.07, 6.45) is 0.468. The minimum absolute atomic E-state index is 0.131. The first-order valence-corrected chi connectivity index (χ1v) is 5.35. The highest BCUT2D eigenvalue weighted by Gasteiger charge is 2.12. The molecule has 0 aliphatic heterocycles. The van der Waals surface area contributed by atoms with Crippen LogP contribution in [-0.2, 0) is 6.42 Å². The van der Waals surface area contributed by atoms with E-state index >= 15 is 0 Å². The standard InChI is InChI=1S/C12H12N4O/c1-8(7-13)6-11-15-12(16-17-11)10-5-3-4-9(2)14-10/h3-5,8H,6H2,1-2H3. The quantitative estimate of drug-likeness (QED) is 0.804. The lowest BCUT2D eigenvalue weighted by Crippen LogP contribution is -1.96. The van der Waals surface area contributed by atoms with Gasteiger partial charge in [0.2, 0.25) is 11.7 Å². The average Bonchev–Trinajstić information content (AvgIpc) is 2.77. The number of aromatic nitrogens is 3. The van der Waals surface area contributed by atoms with Crippen molar-refractivity contribution in [3.63, 3.8) is 0 Å². The molecular weight excluding hydrogens is 216 g/mol. The molecule has 0 saturated carbocycles. The number of pyridine rings is 1. The fraction of sp³-hybridized carbons (Fsp3) is 0.333. The molecule has 0 bridgehead atoms. The molecule has 0 aliphatic carbocycles. The molecule has 2 rings (SSSR count). The van der Waals surface area contributed by atoms with Crippen molar-refractivity contribution in [1.29, 1.82) is 5.26 Å². The molecule has 2 aromatic heterocycles. The van der Waals surface area contributed by atoms with Crippen LogP contribution < -0.4 is 0 Å². The third-order valence-corrected chi connectivity index (χ3v) is 2.29. The molecule has 86 valence electrons. The lowest BCUT2D eigenvalue weighted by atomic mass is 10.1. The fourth-order valence-corrected chi connectivity index (χ4v) is 1.42. The predicted octanol–water partition coefficient (Wildman–Crippen LogP) is 2.14. The van der Waals surface area contributed by atoms with E-state index in [0.717, 1.165) is 5.69 Å². The molecule has 0 aliphatic rings. The van der Waals surface area contributed by atoms with E-state index in [-0.39, 0.29) is 5.92 Å². The van der Waals surface area contributed by atoms with E-state index in [1.165, 1.54) is 0 Å². The predicted molar refractivity (Wildman–Crippen MR) is 60.7 cm³/mol. The van der Waals surface area contributed by atoms with Gasteiger partial charge in [0.15, 0.2) is 0 Å². The Balaban J connectivity index is 2.21. The zero-order chi connectivity index (χ0) is 12.3. The Morgan fingerprint density at radius 3 is 2.94 bits per heavy atom. The molecule has 0 aromatic carbocycles. The van der Waals surface area contributed by atoms with Crippen molar-refractivity contribution in [1.82, 2.24) is 15.1 Å². The molecule has 5 nitrogen and oxygen atoms in total. The van der Waals surface area contributed by atoms with Gasteiger partial charge in [-0.1, -0.05) is 11.2 Å². The molecule has 0 N–H and O–H groups in total. The van der Waals surface area contributed by atoms with E-state index in [1.807, 2.05) is 32.0 Å². The second kappa shape index (κ2) is 4.74. The summed E-state index contributed by atoms with van der Waals surface area (Å²) in [6.45, 7) is 3.72. The van der Waals surface area contributed by atoms with Gasteiger partial charge in [-0.25, -0.2) is 4.98 Å². The second-order valence-electron chi connectivity index (χ2n) is 3.91. The third-order valence-electron chi connectivity index (χ3n) is 2.29. The molecule has 0 radical (unpaired) electrons. The lowest BCUT2D eigenvalue weighted by molar-refractivity contribution is 0.369. The summed E-state index contributed by atoms with van der Waals surface area (Å²) in [6, 6.07) is 7.76. The minimum atomic E-state index is -0.131. The molecule has 0 saturated heterocycles. The summed E-state index contributed by atoms with van der Waals surface area (Å²) in [7, 11) is 0. The molecule has 1 unspecified atom stereocenters. The average molecular weight is 228 g/mol. The molecule has 2 aromatic rings. The Morgan fingerprint density at radius 1 is 1.41 bits per heavy atom. The monoisotopic (exact) mass is 228 g/mol. The van der Waals surface area contributed by atoms with Crippen LogP contribution in [0.15, 0.2) is 22.7 Å². The van der Waals surface area contributed by atoms with Crippen molar-refractivity contribution in [3.05, 3.63) is 29.8 Å². The number of hydrogen-bond acceptors (Lipinski definition) is 5. The largest absolute Gasteiger partial charge is 0.339 e. The zero-order valence-corrected chi connectivity index (χ0v) is 9.71. The molecule has 0 amide bonds. The highest BCUT2D eigenvalue weighted by Crippen LogP contribution is 2.14. The van der Waals surface area contributed by atoms with Crippen LogP contribution >= 0.6 is 0 Å². The van der Waals surface area contributed by atoms with Crippen LogP contribution in [0.25, 0.3) is 11.5 Å². The fourth-order valence-electron chi connectivity index (χ4n) is 1.42. The molecule has 2 heterocycles. The van der Waals surface area contributed by atoms with Gasteiger partial charge in [0.05, 0.1) is 12.0 Å². The summed E-state index contributed by atoms with van der Waals surface area (Å²) < 4.78 is 5.08. The van der Waals surface area contributed by atoms with Crippen LogP contribution in [0.2, 0.25) is 0 Å². The minimum Gasteiger partial charge on any atom is -0.339 e. The van der Waals surface area contributed by atoms with E-state index in [4.69, 9.17) is 9.78 Å². The Kier molecular flexibility index (Phi) is 3.15. The normalized spacial score (nSPS) is 12.1. The first-order chi connectivity index (χ1) is 8.19. The maximum atomic E-state index is 8.70. The van der Waals surface area contributed by atoms with Gasteiger partial charge in [0, 0.05) is 12.1 Å². The number of nitriles is 1. The van der Waals surface area contributed by atoms with Gasteiger partial charge in [0.25, 0.3) is 0 Å². The second-order valence-corrected chi connectivity index (χ2v) is 3.91. The maximum absolute atomic E-state index is 8.70. The highest BCUT2D eigenvalue weighted by atomic mass is 16.5. The van der Waals surface area contributed by atoms with E-state index in [1.54, 1.807) is 0 Å². The smallest absolute Gasteiger partial charge is 0.228 e. The van der Waals surface area contributed by atoms with Crippen molar-refractivity contribution < 1.29 is 4.52 Å². The van der Waals surface area contributed by atoms with Crippen LogP contribution in [0, 0.1) is 24.2 Å². The molecule has 1 atom stereocenters. The summed E-state index contributed by atoms with van der Waals surface area (Å²) in [5, 5.41) is 12.6. The Hall–Kier alpha value is -2.22. The van der Waals surface area contributed by atoms with Crippen molar-refractivity contribution in [2.75, 3.05) is 0 Å². The Bertz CT molecular complexity index is 556. The van der Waals surface area contributed by atoms with Crippen molar-refractivity contribution in [2.45, 2.75) is 20.3 Å². The van der Waals surface area contributed by atoms with Crippen LogP contribution in [0.4, 0.5) is 0 Å². The van der Waals surface area contributed by atoms with Crippen molar-refractivity contribution in [3.8, 4) is 17.6 Å².